The maximum Gasteiger partial charge on any atom is 0.230 e. The molecule has 0 aromatic heterocycles. The fourth-order valence-corrected chi connectivity index (χ4v) is 3.20. The monoisotopic (exact) mass is 280 g/mol. The molecule has 2 rings (SSSR count). The second-order valence-corrected chi connectivity index (χ2v) is 6.57. The highest BCUT2D eigenvalue weighted by Crippen LogP contribution is 2.39. The van der Waals surface area contributed by atoms with Crippen LogP contribution in [0.15, 0.2) is 4.99 Å². The van der Waals surface area contributed by atoms with Gasteiger partial charge in [-0.3, -0.25) is 9.79 Å². The van der Waals surface area contributed by atoms with Crippen molar-refractivity contribution < 1.29 is 4.79 Å². The van der Waals surface area contributed by atoms with Crippen LogP contribution in [0, 0.1) is 11.3 Å². The Morgan fingerprint density at radius 1 is 1.30 bits per heavy atom. The highest BCUT2D eigenvalue weighted by Gasteiger charge is 2.41. The van der Waals surface area contributed by atoms with Gasteiger partial charge in [-0.2, -0.15) is 0 Å². The van der Waals surface area contributed by atoms with Crippen LogP contribution in [0.1, 0.15) is 44.9 Å². The summed E-state index contributed by atoms with van der Waals surface area (Å²) in [6.07, 6.45) is 8.03. The van der Waals surface area contributed by atoms with Gasteiger partial charge in [-0.1, -0.05) is 19.3 Å². The van der Waals surface area contributed by atoms with E-state index in [2.05, 4.69) is 10.3 Å². The zero-order valence-electron chi connectivity index (χ0n) is 12.8. The van der Waals surface area contributed by atoms with E-state index >= 15 is 0 Å². The van der Waals surface area contributed by atoms with Gasteiger partial charge in [0, 0.05) is 20.6 Å². The Morgan fingerprint density at radius 2 is 1.95 bits per heavy atom. The van der Waals surface area contributed by atoms with Crippen molar-refractivity contribution >= 4 is 11.9 Å². The molecule has 114 valence electrons. The average molecular weight is 280 g/mol. The van der Waals surface area contributed by atoms with Crippen molar-refractivity contribution in [2.75, 3.05) is 27.2 Å². The molecule has 2 fully saturated rings. The first-order valence-corrected chi connectivity index (χ1v) is 7.79. The molecule has 0 aromatic rings. The summed E-state index contributed by atoms with van der Waals surface area (Å²) in [5, 5.41) is 3.20. The summed E-state index contributed by atoms with van der Waals surface area (Å²) in [5.41, 5.74) is 5.61. The van der Waals surface area contributed by atoms with E-state index in [0.717, 1.165) is 38.1 Å². The molecule has 0 spiro atoms. The molecule has 2 saturated carbocycles. The summed E-state index contributed by atoms with van der Waals surface area (Å²) in [7, 11) is 3.65. The highest BCUT2D eigenvalue weighted by molar-refractivity contribution is 5.84. The molecule has 1 amide bonds. The molecule has 3 N–H and O–H groups in total. The second-order valence-electron chi connectivity index (χ2n) is 6.57. The molecule has 20 heavy (non-hydrogen) atoms. The van der Waals surface area contributed by atoms with Crippen LogP contribution in [0.2, 0.25) is 0 Å². The van der Waals surface area contributed by atoms with Gasteiger partial charge < -0.3 is 16.0 Å². The van der Waals surface area contributed by atoms with Crippen molar-refractivity contribution in [2.24, 2.45) is 22.1 Å². The first-order valence-electron chi connectivity index (χ1n) is 7.79. The molecular weight excluding hydrogens is 252 g/mol. The van der Waals surface area contributed by atoms with Gasteiger partial charge in [0.2, 0.25) is 5.91 Å². The lowest BCUT2D eigenvalue weighted by Crippen LogP contribution is -2.42. The van der Waals surface area contributed by atoms with Crippen molar-refractivity contribution in [1.29, 1.82) is 0 Å². The Bertz CT molecular complexity index is 368. The number of carbonyl (C=O) groups excluding carboxylic acids is 1. The number of nitrogens with two attached hydrogens (primary N) is 1. The van der Waals surface area contributed by atoms with Crippen LogP contribution < -0.4 is 11.1 Å². The van der Waals surface area contributed by atoms with Gasteiger partial charge in [0.05, 0.1) is 12.0 Å². The van der Waals surface area contributed by atoms with Crippen LogP contribution in [0.3, 0.4) is 0 Å². The molecular formula is C15H28N4O. The smallest absolute Gasteiger partial charge is 0.230 e. The van der Waals surface area contributed by atoms with Crippen molar-refractivity contribution in [1.82, 2.24) is 10.2 Å². The zero-order valence-corrected chi connectivity index (χ0v) is 12.8. The number of amides is 1. The molecule has 0 aliphatic heterocycles. The number of guanidine groups is 1. The van der Waals surface area contributed by atoms with Crippen LogP contribution in [0.4, 0.5) is 0 Å². The van der Waals surface area contributed by atoms with Gasteiger partial charge in [0.1, 0.15) is 0 Å². The van der Waals surface area contributed by atoms with E-state index in [0.29, 0.717) is 12.5 Å². The number of nitrogens with one attached hydrogen (secondary N) is 1. The standard InChI is InChI=1S/C15H28N4O/c1-19(2)13(20)15(8-3-4-9-15)11-18-14(16)17-10-12-6-5-7-12/h12H,3-11H2,1-2H3,(H3,16,17,18). The van der Waals surface area contributed by atoms with Crippen LogP contribution in [-0.4, -0.2) is 44.0 Å². The topological polar surface area (TPSA) is 70.7 Å². The normalized spacial score (nSPS) is 22.4. The fraction of sp³-hybridized carbons (Fsp3) is 0.867. The number of rotatable bonds is 5. The Labute approximate surface area is 122 Å². The molecule has 5 heteroatoms. The molecule has 0 saturated heterocycles. The van der Waals surface area contributed by atoms with E-state index in [1.54, 1.807) is 4.90 Å². The molecule has 2 aliphatic carbocycles. The van der Waals surface area contributed by atoms with Gasteiger partial charge >= 0.3 is 0 Å². The third-order valence-electron chi connectivity index (χ3n) is 4.77. The molecule has 0 heterocycles. The minimum Gasteiger partial charge on any atom is -0.370 e. The third kappa shape index (κ3) is 3.44. The number of hydrogen-bond acceptors (Lipinski definition) is 2. The first-order chi connectivity index (χ1) is 9.53. The number of aliphatic imine (C=N–C) groups is 1. The molecule has 0 aromatic carbocycles. The van der Waals surface area contributed by atoms with E-state index in [4.69, 9.17) is 5.73 Å². The maximum atomic E-state index is 12.4. The lowest BCUT2D eigenvalue weighted by molar-refractivity contribution is -0.138. The van der Waals surface area contributed by atoms with Gasteiger partial charge in [0.15, 0.2) is 5.96 Å². The average Bonchev–Trinajstić information content (AvgIpc) is 2.83. The van der Waals surface area contributed by atoms with Gasteiger partial charge in [-0.25, -0.2) is 0 Å². The summed E-state index contributed by atoms with van der Waals surface area (Å²) in [4.78, 5) is 18.5. The SMILES string of the molecule is CN(C)C(=O)C1(CN=C(N)NCC2CCC2)CCCC1. The van der Waals surface area contributed by atoms with E-state index in [1.165, 1.54) is 19.3 Å². The number of hydrogen-bond donors (Lipinski definition) is 2. The summed E-state index contributed by atoms with van der Waals surface area (Å²) in [5.74, 6) is 1.45. The predicted molar refractivity (Wildman–Crippen MR) is 81.4 cm³/mol. The summed E-state index contributed by atoms with van der Waals surface area (Å²) >= 11 is 0. The molecule has 0 unspecified atom stereocenters. The molecule has 0 bridgehead atoms. The number of carbonyl (C=O) groups is 1. The predicted octanol–water partition coefficient (Wildman–Crippen LogP) is 1.34. The largest absolute Gasteiger partial charge is 0.370 e. The van der Waals surface area contributed by atoms with Crippen LogP contribution in [0.25, 0.3) is 0 Å². The van der Waals surface area contributed by atoms with Gasteiger partial charge in [-0.05, 0) is 31.6 Å². The molecule has 5 nitrogen and oxygen atoms in total. The lowest BCUT2D eigenvalue weighted by Gasteiger charge is -2.29. The molecule has 0 radical (unpaired) electrons. The fourth-order valence-electron chi connectivity index (χ4n) is 3.20. The van der Waals surface area contributed by atoms with E-state index in [1.807, 2.05) is 14.1 Å². The highest BCUT2D eigenvalue weighted by atomic mass is 16.2. The number of nitrogens with zero attached hydrogens (tertiary/aromatic N) is 2. The Morgan fingerprint density at radius 3 is 2.45 bits per heavy atom. The van der Waals surface area contributed by atoms with Gasteiger partial charge in [0.25, 0.3) is 0 Å². The lowest BCUT2D eigenvalue weighted by atomic mass is 9.84. The van der Waals surface area contributed by atoms with E-state index < -0.39 is 0 Å². The first kappa shape index (κ1) is 15.1. The summed E-state index contributed by atoms with van der Waals surface area (Å²) in [6.45, 7) is 1.44. The zero-order chi connectivity index (χ0) is 14.6. The summed E-state index contributed by atoms with van der Waals surface area (Å²) < 4.78 is 0. The van der Waals surface area contributed by atoms with Crippen LogP contribution in [-0.2, 0) is 4.79 Å². The Balaban J connectivity index is 1.88. The van der Waals surface area contributed by atoms with Crippen LogP contribution in [0.5, 0.6) is 0 Å². The second kappa shape index (κ2) is 6.46. The summed E-state index contributed by atoms with van der Waals surface area (Å²) in [6, 6.07) is 0. The van der Waals surface area contributed by atoms with E-state index in [-0.39, 0.29) is 11.3 Å². The van der Waals surface area contributed by atoms with E-state index in [9.17, 15) is 4.79 Å². The molecule has 0 atom stereocenters. The van der Waals surface area contributed by atoms with Crippen molar-refractivity contribution in [2.45, 2.75) is 44.9 Å². The minimum atomic E-state index is -0.313. The Hall–Kier alpha value is -1.26. The van der Waals surface area contributed by atoms with Crippen molar-refractivity contribution in [3.63, 3.8) is 0 Å². The maximum absolute atomic E-state index is 12.4. The van der Waals surface area contributed by atoms with Crippen molar-refractivity contribution in [3.8, 4) is 0 Å². The van der Waals surface area contributed by atoms with Crippen LogP contribution >= 0.6 is 0 Å². The van der Waals surface area contributed by atoms with Crippen molar-refractivity contribution in [3.05, 3.63) is 0 Å². The van der Waals surface area contributed by atoms with Gasteiger partial charge in [-0.15, -0.1) is 0 Å². The molecule has 2 aliphatic rings. The Kier molecular flexibility index (Phi) is 4.89. The quantitative estimate of drug-likeness (QED) is 0.590. The third-order valence-corrected chi connectivity index (χ3v) is 4.77. The minimum absolute atomic E-state index is 0.200.